The summed E-state index contributed by atoms with van der Waals surface area (Å²) in [5.41, 5.74) is 0.136. The molecule has 0 bridgehead atoms. The summed E-state index contributed by atoms with van der Waals surface area (Å²) in [5.74, 6) is 0. The fraction of sp³-hybridized carbons (Fsp3) is 0.500. The van der Waals surface area contributed by atoms with Gasteiger partial charge in [-0.3, -0.25) is 10.1 Å². The summed E-state index contributed by atoms with van der Waals surface area (Å²) < 4.78 is 22.2. The predicted molar refractivity (Wildman–Crippen MR) is 85.5 cm³/mol. The molecule has 22 heavy (non-hydrogen) atoms. The van der Waals surface area contributed by atoms with Crippen molar-refractivity contribution in [1.29, 1.82) is 0 Å². The topological polar surface area (TPSA) is 83.8 Å². The number of sulfone groups is 1. The van der Waals surface area contributed by atoms with Crippen LogP contribution < -0.4 is 4.90 Å². The molecule has 0 unspecified atom stereocenters. The minimum absolute atomic E-state index is 0.257. The van der Waals surface area contributed by atoms with E-state index in [1.165, 1.54) is 12.1 Å². The third-order valence-corrected chi connectivity index (χ3v) is 6.34. The number of rotatable bonds is 4. The van der Waals surface area contributed by atoms with E-state index in [1.54, 1.807) is 0 Å². The molecule has 1 aliphatic rings. The van der Waals surface area contributed by atoms with Gasteiger partial charge in [-0.05, 0) is 19.2 Å². The highest BCUT2D eigenvalue weighted by Crippen LogP contribution is 2.33. The molecule has 0 aromatic heterocycles. The molecule has 7 nitrogen and oxygen atoms in total. The summed E-state index contributed by atoms with van der Waals surface area (Å²) in [6.07, 6.45) is 0. The quantitative estimate of drug-likeness (QED) is 0.458. The Bertz CT molecular complexity index is 673. The van der Waals surface area contributed by atoms with E-state index in [0.717, 1.165) is 19.2 Å². The van der Waals surface area contributed by atoms with Gasteiger partial charge in [0.25, 0.3) is 5.69 Å². The summed E-state index contributed by atoms with van der Waals surface area (Å²) in [7, 11) is -2.01. The van der Waals surface area contributed by atoms with E-state index < -0.39 is 18.9 Å². The van der Waals surface area contributed by atoms with E-state index in [1.807, 2.05) is 11.9 Å². The second-order valence-electron chi connectivity index (χ2n) is 5.00. The first kappa shape index (κ1) is 17.3. The van der Waals surface area contributed by atoms with Crippen molar-refractivity contribution in [3.05, 3.63) is 28.3 Å². The minimum Gasteiger partial charge on any atom is -0.363 e. The number of hydrogen-bond donors (Lipinski definition) is 0. The van der Waals surface area contributed by atoms with Gasteiger partial charge in [0, 0.05) is 32.2 Å². The number of hydrogen-bond acceptors (Lipinski definition) is 6. The van der Waals surface area contributed by atoms with Gasteiger partial charge in [-0.2, -0.15) is 0 Å². The number of alkyl halides is 2. The molecule has 1 saturated heterocycles. The zero-order chi connectivity index (χ0) is 16.5. The Kier molecular flexibility index (Phi) is 5.16. The van der Waals surface area contributed by atoms with Crippen LogP contribution in [0.4, 0.5) is 11.4 Å². The van der Waals surface area contributed by atoms with Crippen molar-refractivity contribution in [2.24, 2.45) is 0 Å². The average Bonchev–Trinajstić information content (AvgIpc) is 2.47. The van der Waals surface area contributed by atoms with Gasteiger partial charge in [-0.15, -0.1) is 0 Å². The Morgan fingerprint density at radius 3 is 2.32 bits per heavy atom. The Morgan fingerprint density at radius 1 is 1.23 bits per heavy atom. The summed E-state index contributed by atoms with van der Waals surface area (Å²) >= 11 is 10.9. The standard InChI is InChI=1S/C12H15Cl2N3O4S/c1-15-4-6-16(7-5-15)10-3-2-9(8-11(10)17(18)19)22(20,21)12(13)14/h2-3,8,12H,4-7H2,1H3. The molecule has 122 valence electrons. The van der Waals surface area contributed by atoms with Gasteiger partial charge in [-0.1, -0.05) is 23.2 Å². The molecule has 0 saturated carbocycles. The second kappa shape index (κ2) is 6.57. The zero-order valence-corrected chi connectivity index (χ0v) is 14.1. The first-order valence-corrected chi connectivity index (χ1v) is 8.89. The lowest BCUT2D eigenvalue weighted by molar-refractivity contribution is -0.384. The predicted octanol–water partition coefficient (Wildman–Crippen LogP) is 1.88. The number of nitro benzene ring substituents is 1. The van der Waals surface area contributed by atoms with E-state index >= 15 is 0 Å². The molecule has 0 N–H and O–H groups in total. The van der Waals surface area contributed by atoms with Crippen LogP contribution in [0.25, 0.3) is 0 Å². The largest absolute Gasteiger partial charge is 0.363 e. The molecule has 1 aromatic rings. The average molecular weight is 368 g/mol. The van der Waals surface area contributed by atoms with E-state index in [4.69, 9.17) is 23.2 Å². The van der Waals surface area contributed by atoms with Crippen LogP contribution in [-0.4, -0.2) is 55.6 Å². The van der Waals surface area contributed by atoms with Crippen molar-refractivity contribution in [1.82, 2.24) is 4.90 Å². The Morgan fingerprint density at radius 2 is 1.82 bits per heavy atom. The van der Waals surface area contributed by atoms with E-state index in [0.29, 0.717) is 18.8 Å². The van der Waals surface area contributed by atoms with E-state index in [9.17, 15) is 18.5 Å². The number of halogens is 2. The van der Waals surface area contributed by atoms with E-state index in [-0.39, 0.29) is 10.6 Å². The van der Waals surface area contributed by atoms with Crippen molar-refractivity contribution in [2.75, 3.05) is 38.1 Å². The van der Waals surface area contributed by atoms with Crippen molar-refractivity contribution < 1.29 is 13.3 Å². The number of benzene rings is 1. The molecule has 2 rings (SSSR count). The van der Waals surface area contributed by atoms with Crippen molar-refractivity contribution in [3.8, 4) is 0 Å². The van der Waals surface area contributed by atoms with Crippen molar-refractivity contribution >= 4 is 44.4 Å². The van der Waals surface area contributed by atoms with Crippen molar-refractivity contribution in [2.45, 2.75) is 9.06 Å². The number of nitro groups is 1. The molecule has 1 heterocycles. The first-order chi connectivity index (χ1) is 10.2. The number of likely N-dealkylation sites (N-methyl/N-ethyl adjacent to an activating group) is 1. The summed E-state index contributed by atoms with van der Waals surface area (Å²) in [6.45, 7) is 2.83. The van der Waals surface area contributed by atoms with Crippen LogP contribution in [0.3, 0.4) is 0 Å². The van der Waals surface area contributed by atoms with Gasteiger partial charge in [0.2, 0.25) is 14.0 Å². The zero-order valence-electron chi connectivity index (χ0n) is 11.8. The van der Waals surface area contributed by atoms with Gasteiger partial charge >= 0.3 is 0 Å². The monoisotopic (exact) mass is 367 g/mol. The van der Waals surface area contributed by atoms with Gasteiger partial charge in [0.05, 0.1) is 9.82 Å². The third-order valence-electron chi connectivity index (χ3n) is 3.55. The normalized spacial score (nSPS) is 17.0. The molecular formula is C12H15Cl2N3O4S. The fourth-order valence-corrected chi connectivity index (χ4v) is 3.60. The highest BCUT2D eigenvalue weighted by Gasteiger charge is 2.29. The van der Waals surface area contributed by atoms with Gasteiger partial charge in [-0.25, -0.2) is 8.42 Å². The molecule has 1 aromatic carbocycles. The molecule has 0 radical (unpaired) electrons. The molecule has 1 aliphatic heterocycles. The third kappa shape index (κ3) is 3.45. The van der Waals surface area contributed by atoms with E-state index in [2.05, 4.69) is 4.90 Å². The van der Waals surface area contributed by atoms with Gasteiger partial charge in [0.1, 0.15) is 5.69 Å². The Hall–Kier alpha value is -1.09. The molecule has 0 spiro atoms. The number of piperazine rings is 1. The summed E-state index contributed by atoms with van der Waals surface area (Å²) in [5, 5.41) is 11.3. The smallest absolute Gasteiger partial charge is 0.293 e. The summed E-state index contributed by atoms with van der Waals surface area (Å²) in [6, 6.07) is 3.75. The SMILES string of the molecule is CN1CCN(c2ccc(S(=O)(=O)C(Cl)Cl)cc2[N+](=O)[O-])CC1. The van der Waals surface area contributed by atoms with Gasteiger partial charge < -0.3 is 9.80 Å². The molecule has 10 heteroatoms. The van der Waals surface area contributed by atoms with Gasteiger partial charge in [0.15, 0.2) is 0 Å². The van der Waals surface area contributed by atoms with Crippen LogP contribution >= 0.6 is 23.2 Å². The molecule has 0 aliphatic carbocycles. The minimum atomic E-state index is -3.99. The molecule has 0 atom stereocenters. The lowest BCUT2D eigenvalue weighted by atomic mass is 10.2. The maximum absolute atomic E-state index is 11.9. The number of nitrogens with zero attached hydrogens (tertiary/aromatic N) is 3. The van der Waals surface area contributed by atoms with Crippen LogP contribution in [0.1, 0.15) is 0 Å². The maximum Gasteiger partial charge on any atom is 0.293 e. The fourth-order valence-electron chi connectivity index (χ4n) is 2.24. The summed E-state index contributed by atoms with van der Waals surface area (Å²) in [4.78, 5) is 14.4. The van der Waals surface area contributed by atoms with Crippen LogP contribution in [0, 0.1) is 10.1 Å². The lowest BCUT2D eigenvalue weighted by Crippen LogP contribution is -2.44. The second-order valence-corrected chi connectivity index (χ2v) is 8.65. The van der Waals surface area contributed by atoms with Crippen LogP contribution in [-0.2, 0) is 9.84 Å². The number of anilines is 1. The highest BCUT2D eigenvalue weighted by molar-refractivity contribution is 7.94. The highest BCUT2D eigenvalue weighted by atomic mass is 35.5. The molecule has 0 amide bonds. The van der Waals surface area contributed by atoms with Crippen LogP contribution in [0.2, 0.25) is 0 Å². The Labute approximate surface area is 138 Å². The Balaban J connectivity index is 2.43. The first-order valence-electron chi connectivity index (χ1n) is 6.47. The maximum atomic E-state index is 11.9. The van der Waals surface area contributed by atoms with Crippen LogP contribution in [0.15, 0.2) is 23.1 Å². The van der Waals surface area contributed by atoms with Crippen molar-refractivity contribution in [3.63, 3.8) is 0 Å². The molecule has 1 fully saturated rings. The lowest BCUT2D eigenvalue weighted by Gasteiger charge is -2.33. The molecular weight excluding hydrogens is 353 g/mol. The van der Waals surface area contributed by atoms with Crippen LogP contribution in [0.5, 0.6) is 0 Å².